The summed E-state index contributed by atoms with van der Waals surface area (Å²) in [4.78, 5) is 0. The highest BCUT2D eigenvalue weighted by Crippen LogP contribution is 1.98. The van der Waals surface area contributed by atoms with Gasteiger partial charge in [0.15, 0.2) is 0 Å². The Kier molecular flexibility index (Phi) is 5.06. The van der Waals surface area contributed by atoms with Gasteiger partial charge in [-0.3, -0.25) is 0 Å². The molecule has 0 bridgehead atoms. The second-order valence-corrected chi connectivity index (χ2v) is 4.35. The van der Waals surface area contributed by atoms with E-state index in [1.807, 2.05) is 0 Å². The molecule has 0 aromatic carbocycles. The van der Waals surface area contributed by atoms with E-state index in [1.165, 1.54) is 11.8 Å². The maximum absolute atomic E-state index is 9.96. The number of thioether (sulfide) groups is 1. The normalized spacial score (nSPS) is 11.8. The zero-order chi connectivity index (χ0) is 8.04. The van der Waals surface area contributed by atoms with Crippen LogP contribution in [0.1, 0.15) is 0 Å². The molecule has 62 valence electrons. The second-order valence-electron chi connectivity index (χ2n) is 1.60. The zero-order valence-electron chi connectivity index (χ0n) is 5.32. The van der Waals surface area contributed by atoms with E-state index in [0.717, 1.165) is 0 Å². The van der Waals surface area contributed by atoms with Crippen LogP contribution >= 0.6 is 11.8 Å². The van der Waals surface area contributed by atoms with Gasteiger partial charge in [0.05, 0.1) is 16.7 Å². The lowest BCUT2D eigenvalue weighted by Gasteiger charge is -2.04. The summed E-state index contributed by atoms with van der Waals surface area (Å²) in [5.41, 5.74) is 0. The molecule has 0 aromatic rings. The summed E-state index contributed by atoms with van der Waals surface area (Å²) < 4.78 is 29.9. The van der Waals surface area contributed by atoms with Crippen LogP contribution in [0.15, 0.2) is 0 Å². The Labute approximate surface area is 64.4 Å². The van der Waals surface area contributed by atoms with E-state index >= 15 is 0 Å². The first-order valence-corrected chi connectivity index (χ1v) is 5.41. The minimum absolute atomic E-state index is 0.0174. The third-order valence-corrected chi connectivity index (χ3v) is 2.64. The Morgan fingerprint density at radius 1 is 1.40 bits per heavy atom. The van der Waals surface area contributed by atoms with Crippen molar-refractivity contribution < 1.29 is 18.1 Å². The maximum Gasteiger partial charge on any atom is 0.0954 e. The molecule has 1 N–H and O–H groups in total. The van der Waals surface area contributed by atoms with E-state index in [0.29, 0.717) is 5.75 Å². The van der Waals surface area contributed by atoms with Crippen LogP contribution in [0, 0.1) is 0 Å². The summed E-state index contributed by atoms with van der Waals surface area (Å²) in [5, 5.41) is 8.25. The molecule has 0 radical (unpaired) electrons. The molecule has 0 spiro atoms. The molecule has 0 saturated carbocycles. The molecule has 0 aromatic heterocycles. The van der Waals surface area contributed by atoms with Crippen LogP contribution in [-0.2, 0) is 10.1 Å². The van der Waals surface area contributed by atoms with Crippen molar-refractivity contribution in [2.75, 3.05) is 23.9 Å². The van der Waals surface area contributed by atoms with Crippen LogP contribution in [0.5, 0.6) is 0 Å². The summed E-state index contributed by atoms with van der Waals surface area (Å²) in [5.74, 6) is 0.402. The monoisotopic (exact) mass is 185 g/mol. The largest absolute Gasteiger partial charge is 0.748 e. The fourth-order valence-electron chi connectivity index (χ4n) is 0.328. The van der Waals surface area contributed by atoms with Crippen LogP contribution in [-0.4, -0.2) is 41.9 Å². The molecular weight excluding hydrogens is 176 g/mol. The van der Waals surface area contributed by atoms with E-state index in [4.69, 9.17) is 5.11 Å². The van der Waals surface area contributed by atoms with Gasteiger partial charge in [0.25, 0.3) is 0 Å². The quantitative estimate of drug-likeness (QED) is 0.451. The Bertz CT molecular complexity index is 162. The summed E-state index contributed by atoms with van der Waals surface area (Å²) in [6.07, 6.45) is 0. The van der Waals surface area contributed by atoms with Crippen molar-refractivity contribution in [1.82, 2.24) is 0 Å². The average molecular weight is 185 g/mol. The standard InChI is InChI=1S/C4H10O4S2/c5-1-2-9-3-4-10(6,7)8/h5H,1-4H2,(H,6,7,8)/p-1. The molecule has 0 aliphatic heterocycles. The highest BCUT2D eigenvalue weighted by Gasteiger charge is 1.93. The topological polar surface area (TPSA) is 77.4 Å². The summed E-state index contributed by atoms with van der Waals surface area (Å²) in [7, 11) is -4.06. The lowest BCUT2D eigenvalue weighted by Crippen LogP contribution is -2.07. The molecule has 0 unspecified atom stereocenters. The Balaban J connectivity index is 3.21. The number of hydrogen-bond acceptors (Lipinski definition) is 5. The SMILES string of the molecule is O=S(=O)([O-])CCSCCO. The fraction of sp³-hybridized carbons (Fsp3) is 1.00. The predicted octanol–water partition coefficient (Wildman–Crippen LogP) is -0.743. The van der Waals surface area contributed by atoms with Crippen LogP contribution in [0.25, 0.3) is 0 Å². The fourth-order valence-corrected chi connectivity index (χ4v) is 1.95. The number of aliphatic hydroxyl groups is 1. The molecule has 4 nitrogen and oxygen atoms in total. The van der Waals surface area contributed by atoms with Crippen LogP contribution < -0.4 is 0 Å². The van der Waals surface area contributed by atoms with Crippen molar-refractivity contribution in [3.05, 3.63) is 0 Å². The van der Waals surface area contributed by atoms with E-state index < -0.39 is 10.1 Å². The van der Waals surface area contributed by atoms with E-state index in [1.54, 1.807) is 0 Å². The lowest BCUT2D eigenvalue weighted by molar-refractivity contribution is 0.322. The van der Waals surface area contributed by atoms with Gasteiger partial charge in [-0.25, -0.2) is 8.42 Å². The molecule has 0 amide bonds. The maximum atomic E-state index is 9.96. The summed E-state index contributed by atoms with van der Waals surface area (Å²) in [6, 6.07) is 0. The van der Waals surface area contributed by atoms with Crippen LogP contribution in [0.2, 0.25) is 0 Å². The number of hydrogen-bond donors (Lipinski definition) is 1. The second kappa shape index (κ2) is 4.95. The van der Waals surface area contributed by atoms with Gasteiger partial charge in [0.2, 0.25) is 0 Å². The van der Waals surface area contributed by atoms with Crippen LogP contribution in [0.4, 0.5) is 0 Å². The van der Waals surface area contributed by atoms with Gasteiger partial charge in [-0.1, -0.05) is 0 Å². The third-order valence-electron chi connectivity index (χ3n) is 0.713. The van der Waals surface area contributed by atoms with Gasteiger partial charge in [-0.05, 0) is 0 Å². The highest BCUT2D eigenvalue weighted by atomic mass is 32.2. The van der Waals surface area contributed by atoms with Gasteiger partial charge in [0, 0.05) is 17.3 Å². The van der Waals surface area contributed by atoms with Gasteiger partial charge in [-0.2, -0.15) is 11.8 Å². The predicted molar refractivity (Wildman–Crippen MR) is 39.0 cm³/mol. The first-order valence-electron chi connectivity index (χ1n) is 2.68. The average Bonchev–Trinajstić information content (AvgIpc) is 1.78. The molecule has 0 aliphatic carbocycles. The van der Waals surface area contributed by atoms with Crippen molar-refractivity contribution in [3.63, 3.8) is 0 Å². The van der Waals surface area contributed by atoms with Crippen molar-refractivity contribution in [1.29, 1.82) is 0 Å². The van der Waals surface area contributed by atoms with E-state index in [9.17, 15) is 13.0 Å². The Morgan fingerprint density at radius 2 is 2.00 bits per heavy atom. The number of rotatable bonds is 5. The summed E-state index contributed by atoms with van der Waals surface area (Å²) in [6.45, 7) is 0.0174. The first-order chi connectivity index (χ1) is 4.56. The molecule has 0 saturated heterocycles. The van der Waals surface area contributed by atoms with Crippen molar-refractivity contribution >= 4 is 21.9 Å². The van der Waals surface area contributed by atoms with Gasteiger partial charge < -0.3 is 9.66 Å². The van der Waals surface area contributed by atoms with Crippen molar-refractivity contribution in [2.45, 2.75) is 0 Å². The van der Waals surface area contributed by atoms with Gasteiger partial charge in [-0.15, -0.1) is 0 Å². The van der Waals surface area contributed by atoms with Gasteiger partial charge >= 0.3 is 0 Å². The minimum atomic E-state index is -4.06. The molecule has 6 heteroatoms. The molecular formula is C4H9O4S2-. The van der Waals surface area contributed by atoms with E-state index in [2.05, 4.69) is 0 Å². The summed E-state index contributed by atoms with van der Waals surface area (Å²) >= 11 is 1.25. The Morgan fingerprint density at radius 3 is 2.40 bits per heavy atom. The molecule has 10 heavy (non-hydrogen) atoms. The van der Waals surface area contributed by atoms with Gasteiger partial charge in [0.1, 0.15) is 0 Å². The molecule has 0 fully saturated rings. The first kappa shape index (κ1) is 10.2. The Hall–Kier alpha value is 0.220. The molecule has 0 aliphatic rings. The lowest BCUT2D eigenvalue weighted by atomic mass is 10.9. The smallest absolute Gasteiger partial charge is 0.0954 e. The zero-order valence-corrected chi connectivity index (χ0v) is 6.95. The van der Waals surface area contributed by atoms with Crippen molar-refractivity contribution in [2.24, 2.45) is 0 Å². The molecule has 0 atom stereocenters. The third kappa shape index (κ3) is 8.22. The van der Waals surface area contributed by atoms with Crippen LogP contribution in [0.3, 0.4) is 0 Å². The van der Waals surface area contributed by atoms with E-state index in [-0.39, 0.29) is 18.1 Å². The minimum Gasteiger partial charge on any atom is -0.748 e. The highest BCUT2D eigenvalue weighted by molar-refractivity contribution is 8.00. The van der Waals surface area contributed by atoms with Crippen molar-refractivity contribution in [3.8, 4) is 0 Å². The molecule has 0 heterocycles. The number of aliphatic hydroxyl groups excluding tert-OH is 1. The molecule has 0 rings (SSSR count).